The van der Waals surface area contributed by atoms with E-state index in [0.29, 0.717) is 6.42 Å². The number of amides is 1. The highest BCUT2D eigenvalue weighted by molar-refractivity contribution is 9.12. The van der Waals surface area contributed by atoms with Crippen LogP contribution in [-0.2, 0) is 4.79 Å². The van der Waals surface area contributed by atoms with Gasteiger partial charge in [0.2, 0.25) is 0 Å². The molecule has 1 aromatic rings. The number of aliphatic hydroxyl groups is 1. The molecule has 0 bridgehead atoms. The van der Waals surface area contributed by atoms with Crippen molar-refractivity contribution in [1.82, 2.24) is 0 Å². The maximum atomic E-state index is 12.0. The molecule has 1 atom stereocenters. The normalized spacial score (nSPS) is 21.5. The van der Waals surface area contributed by atoms with Crippen molar-refractivity contribution in [1.29, 1.82) is 0 Å². The summed E-state index contributed by atoms with van der Waals surface area (Å²) >= 11 is 3.12. The summed E-state index contributed by atoms with van der Waals surface area (Å²) in [5, 5.41) is 9.57. The fourth-order valence-corrected chi connectivity index (χ4v) is 2.20. The maximum Gasteiger partial charge on any atom is 0.269 e. The summed E-state index contributed by atoms with van der Waals surface area (Å²) in [5.41, 5.74) is 0.851. The number of benzene rings is 1. The molecule has 1 aliphatic rings. The molecule has 0 radical (unpaired) electrons. The van der Waals surface area contributed by atoms with Gasteiger partial charge in [0.15, 0.2) is 0 Å². The molecule has 1 aromatic carbocycles. The quantitative estimate of drug-likeness (QED) is 0.860. The zero-order valence-corrected chi connectivity index (χ0v) is 10.4. The number of halogens is 1. The largest absolute Gasteiger partial charge is 0.511 e. The molecule has 0 fully saturated rings. The van der Waals surface area contributed by atoms with E-state index in [-0.39, 0.29) is 22.2 Å². The Bertz CT molecular complexity index is 442. The Kier molecular flexibility index (Phi) is 3.01. The lowest BCUT2D eigenvalue weighted by atomic mass is 10.1. The summed E-state index contributed by atoms with van der Waals surface area (Å²) in [6.45, 7) is 1.92. The van der Waals surface area contributed by atoms with Gasteiger partial charge in [0, 0.05) is 18.2 Å². The number of rotatable bonds is 1. The predicted octanol–water partition coefficient (Wildman–Crippen LogP) is 2.98. The van der Waals surface area contributed by atoms with Gasteiger partial charge in [-0.25, -0.2) is 0 Å². The minimum atomic E-state index is -0.192. The standard InChI is InChI=1S/C12H12BrNO2/c1-8-7-10(15)11(13)12(16)14(8)9-5-3-2-4-6-9/h2-6,8,15H,7H2,1H3. The summed E-state index contributed by atoms with van der Waals surface area (Å²) in [4.78, 5) is 13.7. The van der Waals surface area contributed by atoms with Gasteiger partial charge in [-0.1, -0.05) is 18.2 Å². The number of anilines is 1. The molecule has 1 aliphatic heterocycles. The zero-order valence-electron chi connectivity index (χ0n) is 8.85. The highest BCUT2D eigenvalue weighted by atomic mass is 79.9. The highest BCUT2D eigenvalue weighted by Gasteiger charge is 2.31. The van der Waals surface area contributed by atoms with Crippen molar-refractivity contribution in [3.8, 4) is 0 Å². The van der Waals surface area contributed by atoms with Crippen LogP contribution in [0, 0.1) is 0 Å². The van der Waals surface area contributed by atoms with E-state index in [1.807, 2.05) is 37.3 Å². The Labute approximate surface area is 103 Å². The number of hydrogen-bond donors (Lipinski definition) is 1. The van der Waals surface area contributed by atoms with E-state index < -0.39 is 0 Å². The minimum Gasteiger partial charge on any atom is -0.511 e. The van der Waals surface area contributed by atoms with Crippen LogP contribution < -0.4 is 4.90 Å². The second-order valence-corrected chi connectivity index (χ2v) is 4.62. The third kappa shape index (κ3) is 1.85. The number of hydrogen-bond acceptors (Lipinski definition) is 2. The van der Waals surface area contributed by atoms with E-state index >= 15 is 0 Å². The summed E-state index contributed by atoms with van der Waals surface area (Å²) in [6.07, 6.45) is 0.473. The molecule has 3 nitrogen and oxygen atoms in total. The van der Waals surface area contributed by atoms with Gasteiger partial charge in [0.05, 0.1) is 0 Å². The molecule has 16 heavy (non-hydrogen) atoms. The average molecular weight is 282 g/mol. The topological polar surface area (TPSA) is 40.5 Å². The Balaban J connectivity index is 2.40. The van der Waals surface area contributed by atoms with Gasteiger partial charge in [-0.05, 0) is 35.0 Å². The van der Waals surface area contributed by atoms with Crippen molar-refractivity contribution in [3.63, 3.8) is 0 Å². The number of nitrogens with zero attached hydrogens (tertiary/aromatic N) is 1. The maximum absolute atomic E-state index is 12.0. The van der Waals surface area contributed by atoms with Gasteiger partial charge in [-0.2, -0.15) is 0 Å². The first-order valence-corrected chi connectivity index (χ1v) is 5.86. The second-order valence-electron chi connectivity index (χ2n) is 3.82. The molecular formula is C12H12BrNO2. The monoisotopic (exact) mass is 281 g/mol. The van der Waals surface area contributed by atoms with Gasteiger partial charge in [0.1, 0.15) is 10.2 Å². The Hall–Kier alpha value is -1.29. The molecular weight excluding hydrogens is 270 g/mol. The van der Waals surface area contributed by atoms with E-state index in [1.165, 1.54) is 0 Å². The van der Waals surface area contributed by atoms with Crippen LogP contribution in [0.5, 0.6) is 0 Å². The molecule has 0 saturated heterocycles. The molecule has 0 spiro atoms. The van der Waals surface area contributed by atoms with E-state index in [0.717, 1.165) is 5.69 Å². The van der Waals surface area contributed by atoms with Crippen LogP contribution in [0.3, 0.4) is 0 Å². The Morgan fingerprint density at radius 3 is 2.62 bits per heavy atom. The van der Waals surface area contributed by atoms with E-state index in [2.05, 4.69) is 15.9 Å². The lowest BCUT2D eigenvalue weighted by Crippen LogP contribution is -2.42. The van der Waals surface area contributed by atoms with E-state index in [4.69, 9.17) is 0 Å². The van der Waals surface area contributed by atoms with Crippen molar-refractivity contribution < 1.29 is 9.90 Å². The lowest BCUT2D eigenvalue weighted by molar-refractivity contribution is -0.115. The smallest absolute Gasteiger partial charge is 0.269 e. The average Bonchev–Trinajstić information content (AvgIpc) is 2.28. The van der Waals surface area contributed by atoms with Gasteiger partial charge >= 0.3 is 0 Å². The second kappa shape index (κ2) is 4.29. The third-order valence-corrected chi connectivity index (χ3v) is 3.42. The molecule has 0 aliphatic carbocycles. The van der Waals surface area contributed by atoms with Crippen molar-refractivity contribution >= 4 is 27.5 Å². The van der Waals surface area contributed by atoms with E-state index in [1.54, 1.807) is 4.90 Å². The highest BCUT2D eigenvalue weighted by Crippen LogP contribution is 2.30. The minimum absolute atomic E-state index is 0.0313. The van der Waals surface area contributed by atoms with Crippen LogP contribution in [0.2, 0.25) is 0 Å². The molecule has 1 unspecified atom stereocenters. The van der Waals surface area contributed by atoms with Crippen LogP contribution in [-0.4, -0.2) is 17.1 Å². The third-order valence-electron chi connectivity index (χ3n) is 2.62. The number of aliphatic hydroxyl groups excluding tert-OH is 1. The molecule has 1 amide bonds. The fourth-order valence-electron chi connectivity index (χ4n) is 1.85. The van der Waals surface area contributed by atoms with Crippen LogP contribution in [0.1, 0.15) is 13.3 Å². The van der Waals surface area contributed by atoms with Crippen LogP contribution in [0.25, 0.3) is 0 Å². The van der Waals surface area contributed by atoms with Gasteiger partial charge in [-0.15, -0.1) is 0 Å². The molecule has 0 aromatic heterocycles. The molecule has 0 saturated carbocycles. The first kappa shape index (κ1) is 11.2. The Morgan fingerprint density at radius 1 is 1.38 bits per heavy atom. The first-order valence-electron chi connectivity index (χ1n) is 5.07. The Morgan fingerprint density at radius 2 is 2.00 bits per heavy atom. The molecule has 1 N–H and O–H groups in total. The molecule has 84 valence electrons. The van der Waals surface area contributed by atoms with Crippen molar-refractivity contribution in [3.05, 3.63) is 40.6 Å². The SMILES string of the molecule is CC1CC(O)=C(Br)C(=O)N1c1ccccc1. The summed E-state index contributed by atoms with van der Waals surface area (Å²) < 4.78 is 0.259. The summed E-state index contributed by atoms with van der Waals surface area (Å²) in [6, 6.07) is 9.43. The van der Waals surface area contributed by atoms with Crippen LogP contribution in [0.4, 0.5) is 5.69 Å². The number of carbonyl (C=O) groups excluding carboxylic acids is 1. The summed E-state index contributed by atoms with van der Waals surface area (Å²) in [5.74, 6) is -0.0628. The lowest BCUT2D eigenvalue weighted by Gasteiger charge is -2.32. The van der Waals surface area contributed by atoms with Gasteiger partial charge in [-0.3, -0.25) is 4.79 Å². The van der Waals surface area contributed by atoms with E-state index in [9.17, 15) is 9.90 Å². The molecule has 4 heteroatoms. The van der Waals surface area contributed by atoms with Gasteiger partial charge in [0.25, 0.3) is 5.91 Å². The number of carbonyl (C=O) groups is 1. The van der Waals surface area contributed by atoms with Crippen molar-refractivity contribution in [2.75, 3.05) is 4.90 Å². The van der Waals surface area contributed by atoms with Crippen molar-refractivity contribution in [2.45, 2.75) is 19.4 Å². The summed E-state index contributed by atoms with van der Waals surface area (Å²) in [7, 11) is 0. The number of para-hydroxylation sites is 1. The predicted molar refractivity (Wildman–Crippen MR) is 66.6 cm³/mol. The fraction of sp³-hybridized carbons (Fsp3) is 0.250. The van der Waals surface area contributed by atoms with Crippen LogP contribution in [0.15, 0.2) is 40.6 Å². The van der Waals surface area contributed by atoms with Gasteiger partial charge < -0.3 is 10.0 Å². The molecule has 1 heterocycles. The first-order chi connectivity index (χ1) is 7.61. The zero-order chi connectivity index (χ0) is 11.7. The van der Waals surface area contributed by atoms with Crippen molar-refractivity contribution in [2.24, 2.45) is 0 Å². The van der Waals surface area contributed by atoms with Crippen LogP contribution >= 0.6 is 15.9 Å². The molecule has 2 rings (SSSR count).